The lowest BCUT2D eigenvalue weighted by Gasteiger charge is -2.19. The molecule has 4 rings (SSSR count). The summed E-state index contributed by atoms with van der Waals surface area (Å²) in [6.45, 7) is 4.19. The first kappa shape index (κ1) is 17.2. The van der Waals surface area contributed by atoms with Gasteiger partial charge in [-0.25, -0.2) is 4.98 Å². The Morgan fingerprint density at radius 2 is 1.73 bits per heavy atom. The topological polar surface area (TPSA) is 90.3 Å². The summed E-state index contributed by atoms with van der Waals surface area (Å²) in [6, 6.07) is 10.3. The van der Waals surface area contributed by atoms with E-state index in [0.717, 1.165) is 6.42 Å². The summed E-state index contributed by atoms with van der Waals surface area (Å²) in [5.41, 5.74) is 2.70. The zero-order chi connectivity index (χ0) is 18.3. The summed E-state index contributed by atoms with van der Waals surface area (Å²) in [4.78, 5) is 8.91. The highest BCUT2D eigenvalue weighted by molar-refractivity contribution is 5.46. The second-order valence-corrected chi connectivity index (χ2v) is 7.67. The molecule has 0 aliphatic heterocycles. The van der Waals surface area contributed by atoms with Crippen LogP contribution in [0.5, 0.6) is 0 Å². The molecule has 0 spiro atoms. The molecule has 1 saturated carbocycles. The smallest absolute Gasteiger partial charge is 0.225 e. The summed E-state index contributed by atoms with van der Waals surface area (Å²) in [6.07, 6.45) is 1.97. The highest BCUT2D eigenvalue weighted by atomic mass is 16.3. The Kier molecular flexibility index (Phi) is 4.54. The second kappa shape index (κ2) is 6.85. The quantitative estimate of drug-likeness (QED) is 0.675. The molecule has 1 heterocycles. The fourth-order valence-corrected chi connectivity index (χ4v) is 4.27. The van der Waals surface area contributed by atoms with Crippen LogP contribution >= 0.6 is 0 Å². The largest absolute Gasteiger partial charge is 0.390 e. The first-order valence-corrected chi connectivity index (χ1v) is 9.34. The van der Waals surface area contributed by atoms with Gasteiger partial charge in [0.05, 0.1) is 18.2 Å². The molecule has 1 aromatic carbocycles. The van der Waals surface area contributed by atoms with Crippen LogP contribution in [0.2, 0.25) is 0 Å². The molecule has 0 bridgehead atoms. The minimum absolute atomic E-state index is 0.0680. The minimum atomic E-state index is -0.779. The Morgan fingerprint density at radius 3 is 2.46 bits per heavy atom. The maximum atomic E-state index is 10.2. The van der Waals surface area contributed by atoms with Gasteiger partial charge in [-0.05, 0) is 41.9 Å². The van der Waals surface area contributed by atoms with Crippen LogP contribution in [0, 0.1) is 5.92 Å². The molecule has 0 amide bonds. The molecule has 2 aromatic rings. The number of benzene rings is 1. The molecule has 1 aromatic heterocycles. The molecular weight excluding hydrogens is 328 g/mol. The lowest BCUT2D eigenvalue weighted by Crippen LogP contribution is -2.35. The third-order valence-electron chi connectivity index (χ3n) is 5.75. The highest BCUT2D eigenvalue weighted by Gasteiger charge is 2.39. The molecule has 6 nitrogen and oxygen atoms in total. The zero-order valence-corrected chi connectivity index (χ0v) is 15.1. The number of nitrogens with zero attached hydrogens (tertiary/aromatic N) is 2. The second-order valence-electron chi connectivity index (χ2n) is 7.67. The normalized spacial score (nSPS) is 33.1. The number of hydrogen-bond acceptors (Lipinski definition) is 6. The lowest BCUT2D eigenvalue weighted by atomic mass is 10.0. The van der Waals surface area contributed by atoms with Gasteiger partial charge in [0, 0.05) is 6.20 Å². The summed E-state index contributed by atoms with van der Waals surface area (Å²) >= 11 is 0. The van der Waals surface area contributed by atoms with Gasteiger partial charge < -0.3 is 20.8 Å². The molecule has 4 N–H and O–H groups in total. The molecule has 2 aliphatic carbocycles. The monoisotopic (exact) mass is 354 g/mol. The van der Waals surface area contributed by atoms with Crippen molar-refractivity contribution in [2.24, 2.45) is 5.92 Å². The van der Waals surface area contributed by atoms with Gasteiger partial charge in [0.2, 0.25) is 5.95 Å². The van der Waals surface area contributed by atoms with E-state index in [1.165, 1.54) is 11.1 Å². The fraction of sp³-hybridized carbons (Fsp3) is 0.500. The van der Waals surface area contributed by atoms with Crippen LogP contribution in [0.4, 0.5) is 11.8 Å². The molecule has 6 heteroatoms. The van der Waals surface area contributed by atoms with Crippen molar-refractivity contribution < 1.29 is 10.2 Å². The molecular formula is C20H26N4O2. The minimum Gasteiger partial charge on any atom is -0.390 e. The molecule has 0 saturated heterocycles. The van der Waals surface area contributed by atoms with Gasteiger partial charge in [0.1, 0.15) is 11.9 Å². The van der Waals surface area contributed by atoms with Crippen molar-refractivity contribution in [3.05, 3.63) is 47.7 Å². The maximum Gasteiger partial charge on any atom is 0.225 e. The Balaban J connectivity index is 1.47. The van der Waals surface area contributed by atoms with Gasteiger partial charge in [-0.2, -0.15) is 4.98 Å². The first-order valence-electron chi connectivity index (χ1n) is 9.34. The number of rotatable bonds is 4. The van der Waals surface area contributed by atoms with Crippen LogP contribution in [0.1, 0.15) is 49.8 Å². The maximum absolute atomic E-state index is 10.2. The van der Waals surface area contributed by atoms with Crippen LogP contribution in [-0.4, -0.2) is 38.4 Å². The Morgan fingerprint density at radius 1 is 0.962 bits per heavy atom. The molecule has 1 fully saturated rings. The molecule has 0 radical (unpaired) electrons. The Hall–Kier alpha value is -2.18. The van der Waals surface area contributed by atoms with Crippen LogP contribution in [0.3, 0.4) is 0 Å². The molecule has 6 atom stereocenters. The van der Waals surface area contributed by atoms with Crippen molar-refractivity contribution in [2.75, 3.05) is 10.6 Å². The van der Waals surface area contributed by atoms with Crippen LogP contribution in [0.15, 0.2) is 36.5 Å². The highest BCUT2D eigenvalue weighted by Crippen LogP contribution is 2.41. The number of anilines is 2. The van der Waals surface area contributed by atoms with Crippen molar-refractivity contribution in [1.29, 1.82) is 0 Å². The van der Waals surface area contributed by atoms with E-state index in [9.17, 15) is 10.2 Å². The number of fused-ring (bicyclic) bond motifs is 1. The van der Waals surface area contributed by atoms with E-state index in [1.54, 1.807) is 12.3 Å². The van der Waals surface area contributed by atoms with Crippen LogP contribution in [0.25, 0.3) is 0 Å². The standard InChI is InChI=1S/C20H26N4O2/c1-11-9-15(14-6-4-3-5-13(11)14)23-20-21-8-7-17(24-20)22-16-10-12(2)18(25)19(16)26/h3-8,11-12,15-16,18-19,25-26H,9-10H2,1-2H3,(H2,21,22,23,24)/t11?,12-,15?,16-,18-,19+/m1/s1. The van der Waals surface area contributed by atoms with Crippen molar-refractivity contribution in [1.82, 2.24) is 9.97 Å². The van der Waals surface area contributed by atoms with E-state index in [0.29, 0.717) is 24.1 Å². The summed E-state index contributed by atoms with van der Waals surface area (Å²) < 4.78 is 0. The third kappa shape index (κ3) is 3.15. The fourth-order valence-electron chi connectivity index (χ4n) is 4.27. The van der Waals surface area contributed by atoms with E-state index in [1.807, 2.05) is 6.92 Å². The molecule has 2 unspecified atom stereocenters. The molecule has 26 heavy (non-hydrogen) atoms. The van der Waals surface area contributed by atoms with E-state index in [2.05, 4.69) is 51.8 Å². The van der Waals surface area contributed by atoms with Gasteiger partial charge in [-0.15, -0.1) is 0 Å². The number of aliphatic hydroxyl groups is 2. The molecule has 138 valence electrons. The van der Waals surface area contributed by atoms with Crippen molar-refractivity contribution >= 4 is 11.8 Å². The Labute approximate surface area is 153 Å². The van der Waals surface area contributed by atoms with Gasteiger partial charge in [-0.1, -0.05) is 38.1 Å². The summed E-state index contributed by atoms with van der Waals surface area (Å²) in [5.74, 6) is 1.82. The van der Waals surface area contributed by atoms with Crippen molar-refractivity contribution in [3.8, 4) is 0 Å². The SMILES string of the molecule is CC1CC(Nc2nccc(N[C@@H]3C[C@@H](C)[C@@H](O)[C@H]3O)n2)c2ccccc21. The number of hydrogen-bond donors (Lipinski definition) is 4. The lowest BCUT2D eigenvalue weighted by molar-refractivity contribution is 0.0210. The van der Waals surface area contributed by atoms with E-state index < -0.39 is 12.2 Å². The number of aliphatic hydroxyl groups excluding tert-OH is 2. The Bertz CT molecular complexity index is 784. The number of aromatic nitrogens is 2. The van der Waals surface area contributed by atoms with Crippen molar-refractivity contribution in [3.63, 3.8) is 0 Å². The summed E-state index contributed by atoms with van der Waals surface area (Å²) in [5, 5.41) is 26.8. The van der Waals surface area contributed by atoms with Crippen molar-refractivity contribution in [2.45, 2.75) is 56.9 Å². The molecule has 2 aliphatic rings. The van der Waals surface area contributed by atoms with Gasteiger partial charge in [0.15, 0.2) is 0 Å². The predicted octanol–water partition coefficient (Wildman–Crippen LogP) is 2.68. The van der Waals surface area contributed by atoms with Gasteiger partial charge in [0.25, 0.3) is 0 Å². The van der Waals surface area contributed by atoms with E-state index in [4.69, 9.17) is 0 Å². The van der Waals surface area contributed by atoms with E-state index >= 15 is 0 Å². The number of nitrogens with one attached hydrogen (secondary N) is 2. The van der Waals surface area contributed by atoms with Gasteiger partial charge >= 0.3 is 0 Å². The average molecular weight is 354 g/mol. The van der Waals surface area contributed by atoms with E-state index in [-0.39, 0.29) is 18.0 Å². The average Bonchev–Trinajstić information content (AvgIpc) is 3.07. The predicted molar refractivity (Wildman–Crippen MR) is 101 cm³/mol. The zero-order valence-electron chi connectivity index (χ0n) is 15.1. The van der Waals surface area contributed by atoms with Crippen LogP contribution < -0.4 is 10.6 Å². The van der Waals surface area contributed by atoms with Gasteiger partial charge in [-0.3, -0.25) is 0 Å². The summed E-state index contributed by atoms with van der Waals surface area (Å²) in [7, 11) is 0. The van der Waals surface area contributed by atoms with Crippen LogP contribution in [-0.2, 0) is 0 Å². The third-order valence-corrected chi connectivity index (χ3v) is 5.75. The first-order chi connectivity index (χ1) is 12.5.